The van der Waals surface area contributed by atoms with Gasteiger partial charge in [-0.3, -0.25) is 10.1 Å². The number of benzene rings is 1. The maximum atomic E-state index is 12.5. The number of carboxylic acids is 1. The van der Waals surface area contributed by atoms with E-state index in [1.54, 1.807) is 6.92 Å². The lowest BCUT2D eigenvalue weighted by Gasteiger charge is -2.07. The number of hydrogen-bond donors (Lipinski definition) is 2. The second kappa shape index (κ2) is 6.50. The standard InChI is InChI=1S/C15H14F3NO2S/c1-9(14(20)21)19-8-12-6-7-13(22-12)10-2-4-11(5-3-10)15(16,17)18/h2-7,9,19H,8H2,1H3,(H,20,21). The van der Waals surface area contributed by atoms with Crippen LogP contribution in [0, 0.1) is 0 Å². The van der Waals surface area contributed by atoms with Crippen LogP contribution in [0.5, 0.6) is 0 Å². The van der Waals surface area contributed by atoms with Crippen molar-refractivity contribution in [3.63, 3.8) is 0 Å². The molecule has 2 aromatic rings. The summed E-state index contributed by atoms with van der Waals surface area (Å²) < 4.78 is 37.5. The van der Waals surface area contributed by atoms with Crippen molar-refractivity contribution < 1.29 is 23.1 Å². The van der Waals surface area contributed by atoms with Crippen LogP contribution in [0.4, 0.5) is 13.2 Å². The summed E-state index contributed by atoms with van der Waals surface area (Å²) in [5.74, 6) is -0.931. The molecule has 3 nitrogen and oxygen atoms in total. The number of aliphatic carboxylic acids is 1. The minimum absolute atomic E-state index is 0.402. The number of halogens is 3. The molecule has 22 heavy (non-hydrogen) atoms. The van der Waals surface area contributed by atoms with E-state index >= 15 is 0 Å². The molecule has 0 aliphatic carbocycles. The zero-order valence-electron chi connectivity index (χ0n) is 11.6. The van der Waals surface area contributed by atoms with E-state index in [1.165, 1.54) is 23.5 Å². The van der Waals surface area contributed by atoms with Gasteiger partial charge in [-0.2, -0.15) is 13.2 Å². The SMILES string of the molecule is CC(NCc1ccc(-c2ccc(C(F)(F)F)cc2)s1)C(=O)O. The van der Waals surface area contributed by atoms with Crippen LogP contribution in [0.2, 0.25) is 0 Å². The van der Waals surface area contributed by atoms with E-state index in [4.69, 9.17) is 5.11 Å². The first kappa shape index (κ1) is 16.5. The van der Waals surface area contributed by atoms with Crippen molar-refractivity contribution in [2.45, 2.75) is 25.7 Å². The average Bonchev–Trinajstić information content (AvgIpc) is 2.92. The molecule has 1 heterocycles. The fourth-order valence-electron chi connectivity index (χ4n) is 1.79. The second-order valence-electron chi connectivity index (χ2n) is 4.78. The largest absolute Gasteiger partial charge is 0.480 e. The molecule has 0 saturated heterocycles. The van der Waals surface area contributed by atoms with Gasteiger partial charge in [-0.15, -0.1) is 11.3 Å². The van der Waals surface area contributed by atoms with Crippen LogP contribution in [-0.4, -0.2) is 17.1 Å². The number of rotatable bonds is 5. The number of nitrogens with one attached hydrogen (secondary N) is 1. The molecule has 0 radical (unpaired) electrons. The molecule has 1 unspecified atom stereocenters. The summed E-state index contributed by atoms with van der Waals surface area (Å²) in [6, 6.07) is 7.97. The van der Waals surface area contributed by atoms with E-state index in [0.717, 1.165) is 21.9 Å². The molecular formula is C15H14F3NO2S. The third-order valence-corrected chi connectivity index (χ3v) is 4.25. The number of carbonyl (C=O) groups is 1. The van der Waals surface area contributed by atoms with Crippen LogP contribution in [0.1, 0.15) is 17.4 Å². The summed E-state index contributed by atoms with van der Waals surface area (Å²) in [5.41, 5.74) is 0.0283. The molecule has 0 spiro atoms. The highest BCUT2D eigenvalue weighted by molar-refractivity contribution is 7.15. The molecule has 1 atom stereocenters. The van der Waals surface area contributed by atoms with Crippen molar-refractivity contribution >= 4 is 17.3 Å². The molecule has 0 amide bonds. The lowest BCUT2D eigenvalue weighted by molar-refractivity contribution is -0.139. The number of thiophene rings is 1. The Morgan fingerprint density at radius 2 is 1.86 bits per heavy atom. The van der Waals surface area contributed by atoms with Crippen molar-refractivity contribution in [1.29, 1.82) is 0 Å². The highest BCUT2D eigenvalue weighted by Gasteiger charge is 2.30. The monoisotopic (exact) mass is 329 g/mol. The Hall–Kier alpha value is -1.86. The predicted octanol–water partition coefficient (Wildman–Crippen LogP) is 4.00. The van der Waals surface area contributed by atoms with Gasteiger partial charge in [-0.1, -0.05) is 12.1 Å². The van der Waals surface area contributed by atoms with Gasteiger partial charge in [0, 0.05) is 16.3 Å². The molecule has 0 aliphatic rings. The number of alkyl halides is 3. The molecule has 0 fully saturated rings. The fraction of sp³-hybridized carbons (Fsp3) is 0.267. The normalized spacial score (nSPS) is 13.1. The van der Waals surface area contributed by atoms with Crippen LogP contribution in [0.25, 0.3) is 10.4 Å². The molecule has 118 valence electrons. The Morgan fingerprint density at radius 3 is 2.41 bits per heavy atom. The van der Waals surface area contributed by atoms with Crippen molar-refractivity contribution in [3.8, 4) is 10.4 Å². The molecule has 2 N–H and O–H groups in total. The van der Waals surface area contributed by atoms with Crippen molar-refractivity contribution in [3.05, 3.63) is 46.8 Å². The van der Waals surface area contributed by atoms with Gasteiger partial charge in [0.25, 0.3) is 0 Å². The van der Waals surface area contributed by atoms with E-state index in [-0.39, 0.29) is 0 Å². The number of carboxylic acid groups (broad SMARTS) is 1. The Labute approximate surface area is 129 Å². The zero-order chi connectivity index (χ0) is 16.3. The minimum atomic E-state index is -4.34. The molecule has 2 rings (SSSR count). The molecular weight excluding hydrogens is 315 g/mol. The summed E-state index contributed by atoms with van der Waals surface area (Å²) in [6.07, 6.45) is -4.34. The van der Waals surface area contributed by atoms with Crippen LogP contribution >= 0.6 is 11.3 Å². The topological polar surface area (TPSA) is 49.3 Å². The zero-order valence-corrected chi connectivity index (χ0v) is 12.5. The average molecular weight is 329 g/mol. The van der Waals surface area contributed by atoms with Gasteiger partial charge in [0.1, 0.15) is 6.04 Å². The first-order chi connectivity index (χ1) is 10.3. The summed E-state index contributed by atoms with van der Waals surface area (Å²) in [7, 11) is 0. The summed E-state index contributed by atoms with van der Waals surface area (Å²) in [4.78, 5) is 12.5. The molecule has 1 aromatic heterocycles. The lowest BCUT2D eigenvalue weighted by Crippen LogP contribution is -2.32. The van der Waals surface area contributed by atoms with Crippen LogP contribution in [0.3, 0.4) is 0 Å². The molecule has 1 aromatic carbocycles. The van der Waals surface area contributed by atoms with E-state index in [0.29, 0.717) is 12.1 Å². The van der Waals surface area contributed by atoms with Gasteiger partial charge in [0.05, 0.1) is 5.56 Å². The van der Waals surface area contributed by atoms with E-state index in [1.807, 2.05) is 12.1 Å². The highest BCUT2D eigenvalue weighted by Crippen LogP contribution is 2.33. The van der Waals surface area contributed by atoms with Gasteiger partial charge in [-0.05, 0) is 36.8 Å². The molecule has 7 heteroatoms. The quantitative estimate of drug-likeness (QED) is 0.872. The lowest BCUT2D eigenvalue weighted by atomic mass is 10.1. The minimum Gasteiger partial charge on any atom is -0.480 e. The number of hydrogen-bond acceptors (Lipinski definition) is 3. The Balaban J connectivity index is 2.06. The molecule has 0 aliphatic heterocycles. The Kier molecular flexibility index (Phi) is 4.87. The highest BCUT2D eigenvalue weighted by atomic mass is 32.1. The van der Waals surface area contributed by atoms with Gasteiger partial charge in [0.2, 0.25) is 0 Å². The maximum Gasteiger partial charge on any atom is 0.416 e. The maximum absolute atomic E-state index is 12.5. The molecule has 0 saturated carbocycles. The van der Waals surface area contributed by atoms with Crippen molar-refractivity contribution in [1.82, 2.24) is 5.32 Å². The first-order valence-electron chi connectivity index (χ1n) is 6.50. The summed E-state index contributed by atoms with van der Waals surface area (Å²) >= 11 is 1.42. The summed E-state index contributed by atoms with van der Waals surface area (Å²) in [5, 5.41) is 11.6. The Morgan fingerprint density at radius 1 is 1.23 bits per heavy atom. The first-order valence-corrected chi connectivity index (χ1v) is 7.31. The smallest absolute Gasteiger partial charge is 0.416 e. The van der Waals surface area contributed by atoms with Crippen molar-refractivity contribution in [2.75, 3.05) is 0 Å². The molecule has 0 bridgehead atoms. The Bertz CT molecular complexity index is 650. The second-order valence-corrected chi connectivity index (χ2v) is 5.95. The third-order valence-electron chi connectivity index (χ3n) is 3.11. The van der Waals surface area contributed by atoms with Crippen LogP contribution in [0.15, 0.2) is 36.4 Å². The van der Waals surface area contributed by atoms with Gasteiger partial charge < -0.3 is 5.11 Å². The van der Waals surface area contributed by atoms with Crippen LogP contribution in [-0.2, 0) is 17.5 Å². The fourth-order valence-corrected chi connectivity index (χ4v) is 2.76. The van der Waals surface area contributed by atoms with Gasteiger partial charge >= 0.3 is 12.1 Å². The van der Waals surface area contributed by atoms with Gasteiger partial charge in [0.15, 0.2) is 0 Å². The van der Waals surface area contributed by atoms with E-state index < -0.39 is 23.8 Å². The van der Waals surface area contributed by atoms with E-state index in [9.17, 15) is 18.0 Å². The van der Waals surface area contributed by atoms with Crippen LogP contribution < -0.4 is 5.32 Å². The van der Waals surface area contributed by atoms with Crippen molar-refractivity contribution in [2.24, 2.45) is 0 Å². The summed E-state index contributed by atoms with van der Waals surface area (Å²) in [6.45, 7) is 1.95. The van der Waals surface area contributed by atoms with E-state index in [2.05, 4.69) is 5.32 Å². The predicted molar refractivity (Wildman–Crippen MR) is 78.7 cm³/mol. The van der Waals surface area contributed by atoms with Gasteiger partial charge in [-0.25, -0.2) is 0 Å². The third kappa shape index (κ3) is 4.08.